The van der Waals surface area contributed by atoms with Gasteiger partial charge in [0.25, 0.3) is 0 Å². The Morgan fingerprint density at radius 1 is 1.30 bits per heavy atom. The molecule has 0 aliphatic carbocycles. The lowest BCUT2D eigenvalue weighted by Crippen LogP contribution is -2.58. The van der Waals surface area contributed by atoms with Gasteiger partial charge in [0, 0.05) is 11.1 Å². The number of carbonyl (C=O) groups excluding carboxylic acids is 1. The van der Waals surface area contributed by atoms with Gasteiger partial charge in [-0.3, -0.25) is 9.32 Å². The first kappa shape index (κ1) is 29.1. The van der Waals surface area contributed by atoms with Gasteiger partial charge in [0.2, 0.25) is 0 Å². The number of ether oxygens (including phenoxy) is 3. The summed E-state index contributed by atoms with van der Waals surface area (Å²) >= 11 is 0. The van der Waals surface area contributed by atoms with Gasteiger partial charge in [0.15, 0.2) is 24.0 Å². The molecule has 2 aliphatic rings. The van der Waals surface area contributed by atoms with Crippen LogP contribution in [0, 0.1) is 0 Å². The van der Waals surface area contributed by atoms with Crippen molar-refractivity contribution in [1.29, 1.82) is 0 Å². The Kier molecular flexibility index (Phi) is 9.78. The van der Waals surface area contributed by atoms with E-state index in [0.29, 0.717) is 5.75 Å². The maximum atomic E-state index is 15.3. The van der Waals surface area contributed by atoms with Crippen LogP contribution in [0.15, 0.2) is 41.4 Å². The number of hydrogen-bond donors (Lipinski definition) is 5. The van der Waals surface area contributed by atoms with Gasteiger partial charge in [-0.05, 0) is 58.0 Å². The van der Waals surface area contributed by atoms with E-state index in [1.54, 1.807) is 13.8 Å². The van der Waals surface area contributed by atoms with E-state index in [-0.39, 0.29) is 18.5 Å². The number of carbonyl (C=O) groups is 1. The van der Waals surface area contributed by atoms with Gasteiger partial charge in [0.05, 0.1) is 6.10 Å². The minimum Gasteiger partial charge on any atom is -0.574 e. The third-order valence-corrected chi connectivity index (χ3v) is 6.14. The molecule has 0 bridgehead atoms. The lowest BCUT2D eigenvalue weighted by atomic mass is 9.98. The number of benzene rings is 1. The molecule has 0 aromatic heterocycles. The molecular formula is C22H32FN4O9P. The highest BCUT2D eigenvalue weighted by atomic mass is 31.1. The molecule has 1 aromatic rings. The summed E-state index contributed by atoms with van der Waals surface area (Å²) in [6.07, 6.45) is -4.21. The molecule has 0 spiro atoms. The second-order valence-corrected chi connectivity index (χ2v) is 9.80. The second-order valence-electron chi connectivity index (χ2n) is 8.94. The molecule has 206 valence electrons. The molecule has 37 heavy (non-hydrogen) atoms. The van der Waals surface area contributed by atoms with E-state index in [0.717, 1.165) is 11.8 Å². The minimum atomic E-state index is -2.53. The van der Waals surface area contributed by atoms with Crippen molar-refractivity contribution >= 4 is 14.1 Å². The first-order valence-electron chi connectivity index (χ1n) is 11.5. The number of nitrogens with zero attached hydrogens (tertiary/aromatic N) is 2. The molecule has 3 rings (SSSR count). The van der Waals surface area contributed by atoms with Gasteiger partial charge >= 0.3 is 14.1 Å². The standard InChI is InChI=1S/C22H32FN4O9P/c1-12(2)34-19(30)13(3)25-26-37(32)36-15-7-5-14(6-8-15)33-11-16-18(29)22(4,23)20(35-16)27-10-9-17(28)24-21(27)31/h5-10,12-13,16-18,20-21,24-25,28-29,31H,11H2,1-4H3/t13-,16+,17+,18+,20+,21+,22+/m0/s1. The van der Waals surface area contributed by atoms with E-state index in [1.807, 2.05) is 0 Å². The molecule has 5 N–H and O–H groups in total. The van der Waals surface area contributed by atoms with E-state index in [4.69, 9.17) is 18.7 Å². The van der Waals surface area contributed by atoms with Crippen LogP contribution in [0.2, 0.25) is 0 Å². The Labute approximate surface area is 214 Å². The van der Waals surface area contributed by atoms with E-state index >= 15 is 4.39 Å². The Balaban J connectivity index is 1.52. The van der Waals surface area contributed by atoms with Crippen LogP contribution in [-0.2, 0) is 14.3 Å². The summed E-state index contributed by atoms with van der Waals surface area (Å²) < 4.78 is 36.8. The molecule has 8 atom stereocenters. The molecular weight excluding hydrogens is 514 g/mol. The largest absolute Gasteiger partial charge is 0.574 e. The Hall–Kier alpha value is -2.42. The van der Waals surface area contributed by atoms with Gasteiger partial charge in [0.1, 0.15) is 36.8 Å². The molecule has 0 amide bonds. The van der Waals surface area contributed by atoms with Crippen molar-refractivity contribution < 1.29 is 48.1 Å². The molecule has 2 heterocycles. The van der Waals surface area contributed by atoms with Crippen LogP contribution in [0.4, 0.5) is 4.39 Å². The quantitative estimate of drug-likeness (QED) is 0.151. The third kappa shape index (κ3) is 7.55. The fourth-order valence-electron chi connectivity index (χ4n) is 3.54. The molecule has 2 aliphatic heterocycles. The highest BCUT2D eigenvalue weighted by Crippen LogP contribution is 2.38. The van der Waals surface area contributed by atoms with Crippen LogP contribution in [0.5, 0.6) is 11.5 Å². The van der Waals surface area contributed by atoms with Crippen LogP contribution in [0.1, 0.15) is 27.7 Å². The maximum absolute atomic E-state index is 15.3. The number of aliphatic hydroxyl groups excluding tert-OH is 3. The third-order valence-electron chi connectivity index (χ3n) is 5.49. The van der Waals surface area contributed by atoms with Crippen molar-refractivity contribution in [2.24, 2.45) is 4.85 Å². The summed E-state index contributed by atoms with van der Waals surface area (Å²) in [5.74, 6) is 0.00849. The number of aliphatic hydroxyl groups is 3. The smallest absolute Gasteiger partial charge is 0.412 e. The highest BCUT2D eigenvalue weighted by Gasteiger charge is 2.57. The molecule has 15 heteroatoms. The van der Waals surface area contributed by atoms with Gasteiger partial charge in [-0.25, -0.2) is 9.71 Å². The number of alkyl halides is 1. The zero-order chi connectivity index (χ0) is 27.3. The predicted molar refractivity (Wildman–Crippen MR) is 126 cm³/mol. The Morgan fingerprint density at radius 2 is 1.95 bits per heavy atom. The van der Waals surface area contributed by atoms with Gasteiger partial charge in [-0.1, -0.05) is 0 Å². The van der Waals surface area contributed by atoms with Crippen molar-refractivity contribution in [2.75, 3.05) is 6.61 Å². The number of esters is 1. The minimum absolute atomic E-state index is 0.209. The molecule has 1 saturated heterocycles. The van der Waals surface area contributed by atoms with Crippen LogP contribution in [0.3, 0.4) is 0 Å². The Bertz CT molecular complexity index is 981. The number of rotatable bonds is 10. The van der Waals surface area contributed by atoms with Crippen molar-refractivity contribution in [1.82, 2.24) is 15.6 Å². The number of hydrogen-bond acceptors (Lipinski definition) is 12. The summed E-state index contributed by atoms with van der Waals surface area (Å²) in [6.45, 7) is 5.86. The summed E-state index contributed by atoms with van der Waals surface area (Å²) in [7, 11) is -2.53. The van der Waals surface area contributed by atoms with Crippen LogP contribution in [-0.4, -0.2) is 81.6 Å². The first-order chi connectivity index (χ1) is 17.4. The van der Waals surface area contributed by atoms with Gasteiger partial charge in [-0.15, -0.1) is 0 Å². The molecule has 1 unspecified atom stereocenters. The lowest BCUT2D eigenvalue weighted by molar-refractivity contribution is -0.169. The van der Waals surface area contributed by atoms with Crippen molar-refractivity contribution in [3.8, 4) is 11.5 Å². The Morgan fingerprint density at radius 3 is 2.57 bits per heavy atom. The van der Waals surface area contributed by atoms with E-state index in [9.17, 15) is 25.0 Å². The molecule has 0 saturated carbocycles. The maximum Gasteiger partial charge on any atom is 0.412 e. The van der Waals surface area contributed by atoms with E-state index in [2.05, 4.69) is 15.6 Å². The van der Waals surface area contributed by atoms with E-state index < -0.39 is 56.9 Å². The van der Waals surface area contributed by atoms with Crippen molar-refractivity contribution in [3.63, 3.8) is 0 Å². The summed E-state index contributed by atoms with van der Waals surface area (Å²) in [4.78, 5) is 28.5. The highest BCUT2D eigenvalue weighted by molar-refractivity contribution is 7.33. The monoisotopic (exact) mass is 546 g/mol. The van der Waals surface area contributed by atoms with Crippen molar-refractivity contribution in [3.05, 3.63) is 36.5 Å². The lowest BCUT2D eigenvalue weighted by Gasteiger charge is -2.39. The fraction of sp³-hybridized carbons (Fsp3) is 0.591. The zero-order valence-corrected chi connectivity index (χ0v) is 21.6. The molecule has 0 radical (unpaired) electrons. The number of nitrogens with one attached hydrogen (secondary N) is 2. The van der Waals surface area contributed by atoms with Gasteiger partial charge < -0.3 is 39.3 Å². The molecule has 1 aromatic carbocycles. The normalized spacial score (nSPS) is 30.9. The van der Waals surface area contributed by atoms with Crippen LogP contribution >= 0.6 is 8.17 Å². The summed E-state index contributed by atoms with van der Waals surface area (Å²) in [5, 5.41) is 32.5. The fourth-order valence-corrected chi connectivity index (χ4v) is 4.15. The average molecular weight is 546 g/mol. The topological polar surface area (TPSA) is 177 Å². The molecule has 13 nitrogen and oxygen atoms in total. The molecule has 1 fully saturated rings. The summed E-state index contributed by atoms with van der Waals surface area (Å²) in [6, 6.07) is 5.13. The van der Waals surface area contributed by atoms with Crippen molar-refractivity contribution in [2.45, 2.75) is 76.5 Å². The average Bonchev–Trinajstić information content (AvgIpc) is 3.05. The summed E-state index contributed by atoms with van der Waals surface area (Å²) in [5.41, 5.74) is 0.166. The van der Waals surface area contributed by atoms with Crippen LogP contribution < -0.4 is 24.9 Å². The SMILES string of the molecule is CC(C)OC(=O)[C@H](C)N/N=[P+](\[O-])Oc1ccc(OC[C@H]2O[C@@H](N3C=C[C@@H](O)N[C@H]3O)[C@](C)(F)[C@@H]2O)cc1. The van der Waals surface area contributed by atoms with E-state index in [1.165, 1.54) is 43.5 Å². The first-order valence-corrected chi connectivity index (χ1v) is 12.7. The van der Waals surface area contributed by atoms with Gasteiger partial charge in [-0.2, -0.15) is 5.43 Å². The van der Waals surface area contributed by atoms with Crippen LogP contribution in [0.25, 0.3) is 0 Å². The zero-order valence-electron chi connectivity index (χ0n) is 20.7. The second kappa shape index (κ2) is 12.4. The predicted octanol–water partition coefficient (Wildman–Crippen LogP) is -0.0281. The number of halogens is 1.